The Hall–Kier alpha value is -1.67. The van der Waals surface area contributed by atoms with E-state index in [-0.39, 0.29) is 28.9 Å². The Morgan fingerprint density at radius 1 is 1.30 bits per heavy atom. The van der Waals surface area contributed by atoms with E-state index in [1.165, 1.54) is 37.0 Å². The Kier molecular flexibility index (Phi) is 5.26. The highest BCUT2D eigenvalue weighted by atomic mass is 32.2. The van der Waals surface area contributed by atoms with E-state index in [1.807, 2.05) is 6.92 Å². The minimum absolute atomic E-state index is 0.00147. The summed E-state index contributed by atoms with van der Waals surface area (Å²) < 4.78 is 26.5. The smallest absolute Gasteiger partial charge is 0.251 e. The van der Waals surface area contributed by atoms with Crippen LogP contribution in [0.25, 0.3) is 0 Å². The van der Waals surface area contributed by atoms with Crippen LogP contribution in [0.4, 0.5) is 0 Å². The van der Waals surface area contributed by atoms with Gasteiger partial charge in [-0.15, -0.1) is 0 Å². The highest BCUT2D eigenvalue weighted by Crippen LogP contribution is 2.17. The lowest BCUT2D eigenvalue weighted by molar-refractivity contribution is -0.135. The number of pyridine rings is 1. The molecule has 1 fully saturated rings. The Labute approximate surface area is 136 Å². The van der Waals surface area contributed by atoms with Crippen molar-refractivity contribution in [1.29, 1.82) is 0 Å². The molecule has 2 heterocycles. The molecule has 0 N–H and O–H groups in total. The van der Waals surface area contributed by atoms with Gasteiger partial charge in [0.05, 0.1) is 4.90 Å². The summed E-state index contributed by atoms with van der Waals surface area (Å²) in [5, 5.41) is 0. The van der Waals surface area contributed by atoms with Crippen LogP contribution in [-0.2, 0) is 21.4 Å². The Morgan fingerprint density at radius 2 is 2.00 bits per heavy atom. The van der Waals surface area contributed by atoms with E-state index in [2.05, 4.69) is 0 Å². The maximum Gasteiger partial charge on any atom is 0.251 e. The first-order chi connectivity index (χ1) is 10.7. The molecule has 1 aliphatic rings. The summed E-state index contributed by atoms with van der Waals surface area (Å²) in [6.07, 6.45) is 4.25. The zero-order chi connectivity index (χ0) is 17.2. The topological polar surface area (TPSA) is 79.7 Å². The van der Waals surface area contributed by atoms with Crippen molar-refractivity contribution in [2.75, 3.05) is 20.6 Å². The number of rotatable bonds is 4. The summed E-state index contributed by atoms with van der Waals surface area (Å²) >= 11 is 0. The highest BCUT2D eigenvalue weighted by Gasteiger charge is 2.24. The lowest BCUT2D eigenvalue weighted by Gasteiger charge is -2.33. The second-order valence-corrected chi connectivity index (χ2v) is 8.20. The van der Waals surface area contributed by atoms with E-state index >= 15 is 0 Å². The van der Waals surface area contributed by atoms with Crippen LogP contribution >= 0.6 is 0 Å². The maximum atomic E-state index is 12.4. The molecule has 0 spiro atoms. The molecule has 1 aliphatic heterocycles. The predicted molar refractivity (Wildman–Crippen MR) is 86.6 cm³/mol. The van der Waals surface area contributed by atoms with Crippen molar-refractivity contribution in [3.05, 3.63) is 28.7 Å². The zero-order valence-corrected chi connectivity index (χ0v) is 14.5. The lowest BCUT2D eigenvalue weighted by Crippen LogP contribution is -2.44. The van der Waals surface area contributed by atoms with E-state index in [1.54, 1.807) is 4.90 Å². The van der Waals surface area contributed by atoms with Gasteiger partial charge in [0, 0.05) is 38.9 Å². The van der Waals surface area contributed by atoms with Crippen molar-refractivity contribution in [3.8, 4) is 0 Å². The molecule has 0 saturated carbocycles. The third-order valence-corrected chi connectivity index (χ3v) is 5.96. The third kappa shape index (κ3) is 3.81. The SMILES string of the molecule is C[C@H]1CCCCN1C(=O)Cn1cc(S(=O)(=O)N(C)C)ccc1=O. The lowest BCUT2D eigenvalue weighted by atomic mass is 10.0. The van der Waals surface area contributed by atoms with Crippen molar-refractivity contribution in [3.63, 3.8) is 0 Å². The van der Waals surface area contributed by atoms with Gasteiger partial charge in [-0.1, -0.05) is 0 Å². The molecule has 1 saturated heterocycles. The summed E-state index contributed by atoms with van der Waals surface area (Å²) in [6, 6.07) is 2.60. The Balaban J connectivity index is 2.26. The third-order valence-electron chi connectivity index (χ3n) is 4.16. The van der Waals surface area contributed by atoms with Gasteiger partial charge >= 0.3 is 0 Å². The van der Waals surface area contributed by atoms with Crippen molar-refractivity contribution in [2.24, 2.45) is 0 Å². The van der Waals surface area contributed by atoms with E-state index < -0.39 is 10.0 Å². The van der Waals surface area contributed by atoms with Crippen molar-refractivity contribution in [2.45, 2.75) is 43.7 Å². The van der Waals surface area contributed by atoms with Crippen molar-refractivity contribution in [1.82, 2.24) is 13.8 Å². The van der Waals surface area contributed by atoms with Crippen molar-refractivity contribution >= 4 is 15.9 Å². The van der Waals surface area contributed by atoms with E-state index in [0.29, 0.717) is 6.54 Å². The van der Waals surface area contributed by atoms with Crippen LogP contribution in [0.1, 0.15) is 26.2 Å². The molecule has 128 valence electrons. The van der Waals surface area contributed by atoms with E-state index in [9.17, 15) is 18.0 Å². The van der Waals surface area contributed by atoms with Gasteiger partial charge in [-0.3, -0.25) is 9.59 Å². The average molecular weight is 341 g/mol. The molecule has 1 amide bonds. The summed E-state index contributed by atoms with van der Waals surface area (Å²) in [6.45, 7) is 2.54. The molecule has 0 aromatic carbocycles. The number of amides is 1. The first kappa shape index (κ1) is 17.7. The molecule has 2 rings (SSSR count). The Bertz CT molecular complexity index is 739. The van der Waals surface area contributed by atoms with Crippen LogP contribution in [0.15, 0.2) is 28.0 Å². The molecule has 0 aliphatic carbocycles. The average Bonchev–Trinajstić information content (AvgIpc) is 2.49. The monoisotopic (exact) mass is 341 g/mol. The minimum atomic E-state index is -3.64. The number of hydrogen-bond donors (Lipinski definition) is 0. The van der Waals surface area contributed by atoms with E-state index in [4.69, 9.17) is 0 Å². The first-order valence-electron chi connectivity index (χ1n) is 7.66. The van der Waals surface area contributed by atoms with Crippen LogP contribution in [0.5, 0.6) is 0 Å². The van der Waals surface area contributed by atoms with Gasteiger partial charge < -0.3 is 9.47 Å². The van der Waals surface area contributed by atoms with Gasteiger partial charge in [-0.25, -0.2) is 12.7 Å². The molecule has 23 heavy (non-hydrogen) atoms. The van der Waals surface area contributed by atoms with Crippen LogP contribution in [-0.4, -0.2) is 54.8 Å². The molecule has 0 unspecified atom stereocenters. The number of likely N-dealkylation sites (tertiary alicyclic amines) is 1. The number of sulfonamides is 1. The van der Waals surface area contributed by atoms with Gasteiger partial charge in [0.2, 0.25) is 15.9 Å². The minimum Gasteiger partial charge on any atom is -0.338 e. The molecule has 0 radical (unpaired) electrons. The number of carbonyl (C=O) groups excluding carboxylic acids is 1. The summed E-state index contributed by atoms with van der Waals surface area (Å²) in [5.74, 6) is -0.154. The van der Waals surface area contributed by atoms with Crippen LogP contribution in [0.3, 0.4) is 0 Å². The van der Waals surface area contributed by atoms with Gasteiger partial charge in [-0.2, -0.15) is 0 Å². The molecular weight excluding hydrogens is 318 g/mol. The largest absolute Gasteiger partial charge is 0.338 e. The summed E-state index contributed by atoms with van der Waals surface area (Å²) in [4.78, 5) is 26.2. The quantitative estimate of drug-likeness (QED) is 0.799. The van der Waals surface area contributed by atoms with Gasteiger partial charge in [0.15, 0.2) is 0 Å². The standard InChI is InChI=1S/C15H23N3O4S/c1-12-6-4-5-9-18(12)15(20)11-17-10-13(7-8-14(17)19)23(21,22)16(2)3/h7-8,10,12H,4-6,9,11H2,1-3H3/t12-/m0/s1. The number of piperidine rings is 1. The van der Waals surface area contributed by atoms with Gasteiger partial charge in [-0.05, 0) is 32.3 Å². The number of aromatic nitrogens is 1. The molecule has 0 bridgehead atoms. The van der Waals surface area contributed by atoms with Crippen LogP contribution < -0.4 is 5.56 Å². The fraction of sp³-hybridized carbons (Fsp3) is 0.600. The van der Waals surface area contributed by atoms with E-state index in [0.717, 1.165) is 23.6 Å². The van der Waals surface area contributed by atoms with Crippen LogP contribution in [0, 0.1) is 0 Å². The molecule has 7 nitrogen and oxygen atoms in total. The first-order valence-corrected chi connectivity index (χ1v) is 9.10. The fourth-order valence-corrected chi connectivity index (χ4v) is 3.62. The number of nitrogens with zero attached hydrogens (tertiary/aromatic N) is 3. The second kappa shape index (κ2) is 6.84. The summed E-state index contributed by atoms with van der Waals surface area (Å²) in [5.41, 5.74) is -0.388. The number of hydrogen-bond acceptors (Lipinski definition) is 4. The normalized spacial score (nSPS) is 19.1. The number of carbonyl (C=O) groups is 1. The summed E-state index contributed by atoms with van der Waals surface area (Å²) in [7, 11) is -0.795. The molecule has 1 aromatic rings. The molecular formula is C15H23N3O4S. The second-order valence-electron chi connectivity index (χ2n) is 6.05. The van der Waals surface area contributed by atoms with Gasteiger partial charge in [0.25, 0.3) is 5.56 Å². The molecule has 8 heteroatoms. The fourth-order valence-electron chi connectivity index (χ4n) is 2.70. The highest BCUT2D eigenvalue weighted by molar-refractivity contribution is 7.89. The molecule has 1 atom stereocenters. The Morgan fingerprint density at radius 3 is 2.61 bits per heavy atom. The molecule has 1 aromatic heterocycles. The zero-order valence-electron chi connectivity index (χ0n) is 13.7. The van der Waals surface area contributed by atoms with Crippen LogP contribution in [0.2, 0.25) is 0 Å². The maximum absolute atomic E-state index is 12.4. The van der Waals surface area contributed by atoms with Crippen molar-refractivity contribution < 1.29 is 13.2 Å². The van der Waals surface area contributed by atoms with Gasteiger partial charge in [0.1, 0.15) is 6.54 Å². The predicted octanol–water partition coefficient (Wildman–Crippen LogP) is 0.500.